The van der Waals surface area contributed by atoms with Crippen LogP contribution in [0.25, 0.3) is 6.08 Å². The van der Waals surface area contributed by atoms with Crippen LogP contribution in [-0.2, 0) is 4.79 Å². The van der Waals surface area contributed by atoms with Crippen LogP contribution >= 0.6 is 35.7 Å². The molecule has 0 bridgehead atoms. The molecule has 9 heteroatoms. The van der Waals surface area contributed by atoms with Gasteiger partial charge in [0, 0.05) is 22.3 Å². The Bertz CT molecular complexity index is 1260. The Balaban J connectivity index is 1.65. The molecule has 1 aliphatic rings. The summed E-state index contributed by atoms with van der Waals surface area (Å²) in [5, 5.41) is 13.2. The van der Waals surface area contributed by atoms with Gasteiger partial charge >= 0.3 is 0 Å². The molecule has 0 unspecified atom stereocenters. The predicted molar refractivity (Wildman–Crippen MR) is 134 cm³/mol. The van der Waals surface area contributed by atoms with Crippen molar-refractivity contribution in [1.82, 2.24) is 4.68 Å². The van der Waals surface area contributed by atoms with Gasteiger partial charge in [-0.15, -0.1) is 0 Å². The van der Waals surface area contributed by atoms with Crippen LogP contribution in [0.2, 0.25) is 0 Å². The van der Waals surface area contributed by atoms with Gasteiger partial charge in [0.05, 0.1) is 14.7 Å². The largest absolute Gasteiger partial charge is 0.285 e. The Kier molecular flexibility index (Phi) is 6.23. The van der Waals surface area contributed by atoms with E-state index >= 15 is 0 Å². The van der Waals surface area contributed by atoms with Gasteiger partial charge in [-0.05, 0) is 75.0 Å². The smallest absolute Gasteiger partial charge is 0.266 e. The van der Waals surface area contributed by atoms with Crippen molar-refractivity contribution < 1.29 is 9.72 Å². The van der Waals surface area contributed by atoms with E-state index in [1.54, 1.807) is 22.9 Å². The van der Waals surface area contributed by atoms with Crippen LogP contribution in [0.3, 0.4) is 0 Å². The van der Waals surface area contributed by atoms with E-state index in [4.69, 9.17) is 12.2 Å². The van der Waals surface area contributed by atoms with Gasteiger partial charge in [0.25, 0.3) is 11.6 Å². The average molecular weight is 482 g/mol. The highest BCUT2D eigenvalue weighted by Crippen LogP contribution is 2.37. The van der Waals surface area contributed by atoms with Crippen LogP contribution < -0.4 is 5.01 Å². The van der Waals surface area contributed by atoms with Crippen molar-refractivity contribution >= 4 is 57.7 Å². The van der Waals surface area contributed by atoms with Gasteiger partial charge < -0.3 is 0 Å². The highest BCUT2D eigenvalue weighted by Gasteiger charge is 2.34. The van der Waals surface area contributed by atoms with E-state index in [9.17, 15) is 14.9 Å². The summed E-state index contributed by atoms with van der Waals surface area (Å²) in [6.07, 6.45) is 1.65. The highest BCUT2D eigenvalue weighted by atomic mass is 32.2. The molecule has 1 saturated heterocycles. The zero-order valence-corrected chi connectivity index (χ0v) is 20.0. The summed E-state index contributed by atoms with van der Waals surface area (Å²) >= 11 is 7.97. The molecular weight excluding hydrogens is 462 g/mol. The summed E-state index contributed by atoms with van der Waals surface area (Å²) in [5.41, 5.74) is 3.49. The molecule has 0 saturated carbocycles. The molecule has 1 fully saturated rings. The Hall–Kier alpha value is -2.88. The number of carbonyl (C=O) groups excluding carboxylic acids is 1. The van der Waals surface area contributed by atoms with Gasteiger partial charge in [-0.1, -0.05) is 47.3 Å². The van der Waals surface area contributed by atoms with Gasteiger partial charge in [-0.2, -0.15) is 5.01 Å². The van der Waals surface area contributed by atoms with Crippen LogP contribution in [0.5, 0.6) is 0 Å². The van der Waals surface area contributed by atoms with E-state index in [1.807, 2.05) is 57.2 Å². The zero-order chi connectivity index (χ0) is 23.0. The number of thiocarbonyl (C=S) groups is 1. The average Bonchev–Trinajstić information content (AvgIpc) is 3.21. The molecule has 6 nitrogen and oxygen atoms in total. The van der Waals surface area contributed by atoms with Gasteiger partial charge in [0.1, 0.15) is 0 Å². The Morgan fingerprint density at radius 2 is 1.69 bits per heavy atom. The molecule has 0 aliphatic carbocycles. The van der Waals surface area contributed by atoms with E-state index in [1.165, 1.54) is 34.6 Å². The maximum absolute atomic E-state index is 13.1. The van der Waals surface area contributed by atoms with Crippen LogP contribution in [-0.4, -0.2) is 19.8 Å². The number of nitrogens with zero attached hydrogens (tertiary/aromatic N) is 3. The summed E-state index contributed by atoms with van der Waals surface area (Å²) in [6, 6.07) is 16.7. The Morgan fingerprint density at radius 3 is 2.31 bits per heavy atom. The van der Waals surface area contributed by atoms with Crippen molar-refractivity contribution in [3.63, 3.8) is 0 Å². The predicted octanol–water partition coefficient (Wildman–Crippen LogP) is 6.01. The number of hydrogen-bond donors (Lipinski definition) is 0. The minimum absolute atomic E-state index is 0.00287. The minimum atomic E-state index is -0.397. The molecule has 1 amide bonds. The summed E-state index contributed by atoms with van der Waals surface area (Å²) in [4.78, 5) is 26.3. The highest BCUT2D eigenvalue weighted by molar-refractivity contribution is 8.27. The van der Waals surface area contributed by atoms with E-state index in [-0.39, 0.29) is 11.6 Å². The maximum atomic E-state index is 13.1. The van der Waals surface area contributed by atoms with Gasteiger partial charge in [-0.3, -0.25) is 19.6 Å². The monoisotopic (exact) mass is 481 g/mol. The summed E-state index contributed by atoms with van der Waals surface area (Å²) < 4.78 is 2.20. The fraction of sp³-hybridized carbons (Fsp3) is 0.130. The first-order chi connectivity index (χ1) is 15.2. The number of rotatable bonds is 5. The molecular formula is C23H19N3O3S3. The number of amides is 1. The number of benzene rings is 2. The minimum Gasteiger partial charge on any atom is -0.266 e. The lowest BCUT2D eigenvalue weighted by molar-refractivity contribution is -0.387. The van der Waals surface area contributed by atoms with Crippen LogP contribution in [0, 0.1) is 30.9 Å². The second kappa shape index (κ2) is 8.93. The molecule has 0 radical (unpaired) electrons. The molecule has 4 rings (SSSR count). The van der Waals surface area contributed by atoms with Crippen LogP contribution in [0.4, 0.5) is 5.69 Å². The van der Waals surface area contributed by atoms with Gasteiger partial charge in [0.2, 0.25) is 0 Å². The zero-order valence-electron chi connectivity index (χ0n) is 17.6. The number of aryl methyl sites for hydroxylation is 3. The van der Waals surface area contributed by atoms with Gasteiger partial charge in [-0.25, -0.2) is 0 Å². The van der Waals surface area contributed by atoms with E-state index in [0.29, 0.717) is 19.7 Å². The number of hydrogen-bond acceptors (Lipinski definition) is 6. The van der Waals surface area contributed by atoms with Crippen molar-refractivity contribution in [1.29, 1.82) is 0 Å². The third kappa shape index (κ3) is 4.36. The topological polar surface area (TPSA) is 68.4 Å². The summed E-state index contributed by atoms with van der Waals surface area (Å²) in [7, 11) is 0. The molecule has 0 N–H and O–H groups in total. The fourth-order valence-corrected chi connectivity index (χ4v) is 5.49. The third-order valence-electron chi connectivity index (χ3n) is 4.93. The first-order valence-electron chi connectivity index (χ1n) is 9.71. The molecule has 2 aromatic carbocycles. The molecule has 0 atom stereocenters. The first-order valence-corrected chi connectivity index (χ1v) is 11.7. The summed E-state index contributed by atoms with van der Waals surface area (Å²) in [6.45, 7) is 5.80. The van der Waals surface area contributed by atoms with Crippen LogP contribution in [0.15, 0.2) is 69.3 Å². The van der Waals surface area contributed by atoms with Crippen molar-refractivity contribution in [2.24, 2.45) is 0 Å². The third-order valence-corrected chi connectivity index (χ3v) is 7.29. The number of nitro benzene ring substituents is 1. The standard InChI is InChI=1S/C23H19N3O3S3/c1-14-4-9-18(10-5-14)31-20-11-8-17(12-19(20)26(28)29)13-21-22(27)25(23(30)32-21)24-15(2)6-7-16(24)3/h4-13H,1-3H3/b21-13-. The first kappa shape index (κ1) is 22.3. The number of thioether (sulfide) groups is 1. The van der Waals surface area contributed by atoms with E-state index < -0.39 is 4.92 Å². The van der Waals surface area contributed by atoms with Crippen molar-refractivity contribution in [2.75, 3.05) is 5.01 Å². The Morgan fingerprint density at radius 1 is 1.03 bits per heavy atom. The molecule has 2 heterocycles. The van der Waals surface area contributed by atoms with Crippen molar-refractivity contribution in [3.05, 3.63) is 92.1 Å². The molecule has 32 heavy (non-hydrogen) atoms. The van der Waals surface area contributed by atoms with Crippen molar-refractivity contribution in [3.8, 4) is 0 Å². The van der Waals surface area contributed by atoms with Crippen molar-refractivity contribution in [2.45, 2.75) is 30.6 Å². The molecule has 1 aromatic heterocycles. The number of nitro groups is 1. The molecule has 0 spiro atoms. The molecule has 162 valence electrons. The SMILES string of the molecule is Cc1ccc(Sc2ccc(/C=C3\SC(=S)N(n4c(C)ccc4C)C3=O)cc2[N+](=O)[O-])cc1. The number of carbonyl (C=O) groups is 1. The quantitative estimate of drug-likeness (QED) is 0.192. The molecule has 1 aliphatic heterocycles. The number of aromatic nitrogens is 1. The maximum Gasteiger partial charge on any atom is 0.285 e. The Labute approximate surface area is 199 Å². The lowest BCUT2D eigenvalue weighted by atomic mass is 10.2. The van der Waals surface area contributed by atoms with E-state index in [2.05, 4.69) is 0 Å². The normalized spacial score (nSPS) is 15.1. The second-order valence-corrected chi connectivity index (χ2v) is 10.1. The van der Waals surface area contributed by atoms with Crippen LogP contribution in [0.1, 0.15) is 22.5 Å². The van der Waals surface area contributed by atoms with Gasteiger partial charge in [0.15, 0.2) is 4.32 Å². The molecule has 3 aromatic rings. The lowest BCUT2D eigenvalue weighted by Crippen LogP contribution is -2.39. The fourth-order valence-electron chi connectivity index (χ4n) is 3.35. The summed E-state index contributed by atoms with van der Waals surface area (Å²) in [5.74, 6) is -0.247. The lowest BCUT2D eigenvalue weighted by Gasteiger charge is -2.20. The van der Waals surface area contributed by atoms with E-state index in [0.717, 1.165) is 21.8 Å². The second-order valence-electron chi connectivity index (χ2n) is 7.32.